The fourth-order valence-electron chi connectivity index (χ4n) is 0.577. The Hall–Kier alpha value is -0.620. The number of hydrogen-bond acceptors (Lipinski definition) is 2. The highest BCUT2D eigenvalue weighted by molar-refractivity contribution is 9.09. The van der Waals surface area contributed by atoms with Crippen LogP contribution in [0.3, 0.4) is 0 Å². The first-order valence-corrected chi connectivity index (χ1v) is 4.54. The molecule has 0 amide bonds. The third-order valence-electron chi connectivity index (χ3n) is 1.14. The second-order valence-corrected chi connectivity index (χ2v) is 3.77. The fraction of sp³-hybridized carbons (Fsp3) is 0.375. The van der Waals surface area contributed by atoms with E-state index in [1.54, 1.807) is 6.92 Å². The molecule has 14 heavy (non-hydrogen) atoms. The molecule has 0 saturated carbocycles. The van der Waals surface area contributed by atoms with Crippen molar-refractivity contribution in [3.05, 3.63) is 24.9 Å². The van der Waals surface area contributed by atoms with Gasteiger partial charge in [0.2, 0.25) is 0 Å². The molecule has 0 aliphatic carbocycles. The van der Waals surface area contributed by atoms with Gasteiger partial charge in [0.25, 0.3) is 0 Å². The van der Waals surface area contributed by atoms with Gasteiger partial charge in [-0.15, -0.1) is 4.94 Å². The summed E-state index contributed by atoms with van der Waals surface area (Å²) in [6, 6.07) is 0. The van der Waals surface area contributed by atoms with Gasteiger partial charge in [0.1, 0.15) is 5.71 Å². The van der Waals surface area contributed by atoms with Crippen LogP contribution in [0.4, 0.5) is 13.3 Å². The smallest absolute Gasteiger partial charge is 0.253 e. The molecular formula is C8H9BrF3NO. The van der Waals surface area contributed by atoms with E-state index >= 15 is 0 Å². The first-order chi connectivity index (χ1) is 6.44. The minimum absolute atomic E-state index is 0.132. The lowest BCUT2D eigenvalue weighted by Crippen LogP contribution is -2.27. The molecule has 0 aromatic carbocycles. The molecule has 1 atom stereocenters. The van der Waals surface area contributed by atoms with Crippen LogP contribution < -0.4 is 0 Å². The van der Waals surface area contributed by atoms with Gasteiger partial charge < -0.3 is 0 Å². The lowest BCUT2D eigenvalue weighted by Gasteiger charge is -2.09. The minimum Gasteiger partial charge on any atom is -0.253 e. The van der Waals surface area contributed by atoms with Gasteiger partial charge >= 0.3 is 6.11 Å². The van der Waals surface area contributed by atoms with Gasteiger partial charge in [-0.05, 0) is 17.5 Å². The highest BCUT2D eigenvalue weighted by Gasteiger charge is 2.37. The third-order valence-corrected chi connectivity index (χ3v) is 1.45. The standard InChI is InChI=1S/C8H9BrF3NO/c1-3-13-7(5-4-6(2)9)8(10,11)14-12/h3-6H,1H2,2H3/b5-4-,13-7+. The van der Waals surface area contributed by atoms with E-state index in [4.69, 9.17) is 0 Å². The van der Waals surface area contributed by atoms with Crippen LogP contribution in [0.1, 0.15) is 6.92 Å². The van der Waals surface area contributed by atoms with Crippen LogP contribution >= 0.6 is 15.9 Å². The zero-order chi connectivity index (χ0) is 11.2. The molecule has 2 nitrogen and oxygen atoms in total. The lowest BCUT2D eigenvalue weighted by atomic mass is 10.3. The highest BCUT2D eigenvalue weighted by atomic mass is 79.9. The number of allylic oxidation sites excluding steroid dienone is 1. The van der Waals surface area contributed by atoms with E-state index < -0.39 is 11.8 Å². The molecule has 6 heteroatoms. The molecule has 0 N–H and O–H groups in total. The van der Waals surface area contributed by atoms with E-state index in [1.165, 1.54) is 6.08 Å². The topological polar surface area (TPSA) is 21.6 Å². The number of aliphatic imine (C=N–C) groups is 1. The van der Waals surface area contributed by atoms with Crippen molar-refractivity contribution in [3.8, 4) is 0 Å². The zero-order valence-electron chi connectivity index (χ0n) is 7.38. The van der Waals surface area contributed by atoms with Crippen molar-refractivity contribution in [3.63, 3.8) is 0 Å². The molecule has 0 spiro atoms. The quantitative estimate of drug-likeness (QED) is 0.555. The Morgan fingerprint density at radius 1 is 1.64 bits per heavy atom. The average molecular weight is 272 g/mol. The summed E-state index contributed by atoms with van der Waals surface area (Å²) in [6.07, 6.45) is -0.839. The largest absolute Gasteiger partial charge is 0.429 e. The summed E-state index contributed by atoms with van der Waals surface area (Å²) in [5, 5.41) is 0. The first-order valence-electron chi connectivity index (χ1n) is 3.63. The average Bonchev–Trinajstić information content (AvgIpc) is 2.11. The highest BCUT2D eigenvalue weighted by Crippen LogP contribution is 2.19. The molecule has 0 bridgehead atoms. The summed E-state index contributed by atoms with van der Waals surface area (Å²) in [6.45, 7) is 4.84. The fourth-order valence-corrected chi connectivity index (χ4v) is 0.729. The minimum atomic E-state index is -4.05. The second-order valence-electron chi connectivity index (χ2n) is 2.33. The summed E-state index contributed by atoms with van der Waals surface area (Å²) < 4.78 is 36.7. The predicted molar refractivity (Wildman–Crippen MR) is 52.3 cm³/mol. The summed E-state index contributed by atoms with van der Waals surface area (Å²) >= 11 is 3.10. The second kappa shape index (κ2) is 5.98. The molecule has 0 rings (SSSR count). The number of halogens is 4. The van der Waals surface area contributed by atoms with E-state index in [1.807, 2.05) is 0 Å². The van der Waals surface area contributed by atoms with Crippen LogP contribution in [-0.4, -0.2) is 16.6 Å². The number of hydrogen-bond donors (Lipinski definition) is 0. The first kappa shape index (κ1) is 13.4. The molecule has 0 aromatic rings. The Bertz CT molecular complexity index is 251. The Balaban J connectivity index is 4.79. The number of nitrogens with zero attached hydrogens (tertiary/aromatic N) is 1. The van der Waals surface area contributed by atoms with E-state index in [-0.39, 0.29) is 4.83 Å². The van der Waals surface area contributed by atoms with Crippen LogP contribution in [0.2, 0.25) is 0 Å². The maximum atomic E-state index is 12.6. The van der Waals surface area contributed by atoms with Crippen LogP contribution in [-0.2, 0) is 4.94 Å². The Labute approximate surface area is 88.2 Å². The van der Waals surface area contributed by atoms with Crippen molar-refractivity contribution >= 4 is 21.6 Å². The normalized spacial score (nSPS) is 15.9. The summed E-state index contributed by atoms with van der Waals surface area (Å²) in [5.41, 5.74) is -0.846. The van der Waals surface area contributed by atoms with Gasteiger partial charge in [0.15, 0.2) is 0 Å². The van der Waals surface area contributed by atoms with Gasteiger partial charge in [0, 0.05) is 11.0 Å². The van der Waals surface area contributed by atoms with E-state index in [2.05, 4.69) is 32.4 Å². The van der Waals surface area contributed by atoms with Crippen molar-refractivity contribution in [2.75, 3.05) is 0 Å². The molecule has 0 aliphatic rings. The van der Waals surface area contributed by atoms with Crippen molar-refractivity contribution in [2.24, 2.45) is 4.99 Å². The summed E-state index contributed by atoms with van der Waals surface area (Å²) in [4.78, 5) is 5.57. The zero-order valence-corrected chi connectivity index (χ0v) is 8.97. The third kappa shape index (κ3) is 4.57. The van der Waals surface area contributed by atoms with Gasteiger partial charge in [0.05, 0.1) is 0 Å². The van der Waals surface area contributed by atoms with E-state index in [0.717, 1.165) is 12.3 Å². The summed E-state index contributed by atoms with van der Waals surface area (Å²) in [5.74, 6) is 0. The predicted octanol–water partition coefficient (Wildman–Crippen LogP) is 3.40. The number of alkyl halides is 3. The summed E-state index contributed by atoms with van der Waals surface area (Å²) in [7, 11) is 0. The van der Waals surface area contributed by atoms with E-state index in [9.17, 15) is 13.3 Å². The Morgan fingerprint density at radius 2 is 2.21 bits per heavy atom. The maximum Gasteiger partial charge on any atom is 0.429 e. The van der Waals surface area contributed by atoms with Crippen molar-refractivity contribution < 1.29 is 18.2 Å². The molecule has 0 saturated heterocycles. The molecular weight excluding hydrogens is 263 g/mol. The van der Waals surface area contributed by atoms with Crippen LogP contribution in [0.15, 0.2) is 29.9 Å². The van der Waals surface area contributed by atoms with Crippen LogP contribution in [0, 0.1) is 0 Å². The lowest BCUT2D eigenvalue weighted by molar-refractivity contribution is -0.314. The number of rotatable bonds is 5. The van der Waals surface area contributed by atoms with Crippen molar-refractivity contribution in [1.29, 1.82) is 0 Å². The van der Waals surface area contributed by atoms with Gasteiger partial charge in [-0.1, -0.05) is 28.6 Å². The van der Waals surface area contributed by atoms with E-state index in [0.29, 0.717) is 0 Å². The van der Waals surface area contributed by atoms with Gasteiger partial charge in [-0.3, -0.25) is 4.99 Å². The molecule has 0 heterocycles. The molecule has 80 valence electrons. The monoisotopic (exact) mass is 271 g/mol. The van der Waals surface area contributed by atoms with Crippen molar-refractivity contribution in [1.82, 2.24) is 0 Å². The Kier molecular flexibility index (Phi) is 5.71. The van der Waals surface area contributed by atoms with Crippen molar-refractivity contribution in [2.45, 2.75) is 17.9 Å². The SMILES string of the molecule is C=C/N=C(\C=C/C(C)Br)C(F)(F)OF. The van der Waals surface area contributed by atoms with Gasteiger partial charge in [-0.25, -0.2) is 0 Å². The van der Waals surface area contributed by atoms with Crippen LogP contribution in [0.5, 0.6) is 0 Å². The van der Waals surface area contributed by atoms with Gasteiger partial charge in [-0.2, -0.15) is 8.78 Å². The maximum absolute atomic E-state index is 12.6. The molecule has 0 fully saturated rings. The molecule has 1 unspecified atom stereocenters. The molecule has 0 radical (unpaired) electrons. The molecule has 0 aliphatic heterocycles. The van der Waals surface area contributed by atoms with Crippen LogP contribution in [0.25, 0.3) is 0 Å². The Morgan fingerprint density at radius 3 is 2.57 bits per heavy atom. The molecule has 0 aromatic heterocycles.